The number of aryl methyl sites for hydroxylation is 1. The number of rotatable bonds is 2. The third-order valence-electron chi connectivity index (χ3n) is 5.04. The van der Waals surface area contributed by atoms with E-state index in [9.17, 15) is 9.59 Å². The molecule has 0 saturated carbocycles. The number of methoxy groups -OCH3 is 1. The monoisotopic (exact) mass is 371 g/mol. The number of piperidine rings is 1. The molecular formula is C20H18ClNO4. The predicted molar refractivity (Wildman–Crippen MR) is 97.4 cm³/mol. The standard InChI is InChI=1S/C20H18ClNO4/c1-11-3-8-16-15(9-11)22-17(26-16)10-14(12-4-6-13(21)7-5-12)18(19(22)23)20(24)25-2/h3-9,14,17-18H,10H2,1-2H3/t14-,17+,18-/m1/s1. The van der Waals surface area contributed by atoms with E-state index in [0.717, 1.165) is 11.1 Å². The summed E-state index contributed by atoms with van der Waals surface area (Å²) in [6.07, 6.45) is 0.0711. The zero-order valence-corrected chi connectivity index (χ0v) is 15.2. The molecule has 2 aliphatic heterocycles. The SMILES string of the molecule is COC(=O)[C@H]1C(=O)N2c3cc(C)ccc3O[C@H]2C[C@@H]1c1ccc(Cl)cc1. The molecule has 2 aromatic rings. The molecular weight excluding hydrogens is 354 g/mol. The second kappa shape index (κ2) is 6.32. The highest BCUT2D eigenvalue weighted by molar-refractivity contribution is 6.30. The maximum absolute atomic E-state index is 13.3. The van der Waals surface area contributed by atoms with Crippen molar-refractivity contribution < 1.29 is 19.1 Å². The van der Waals surface area contributed by atoms with Gasteiger partial charge in [-0.05, 0) is 42.3 Å². The van der Waals surface area contributed by atoms with Crippen LogP contribution < -0.4 is 9.64 Å². The quantitative estimate of drug-likeness (QED) is 0.597. The number of esters is 1. The lowest BCUT2D eigenvalue weighted by Gasteiger charge is -2.37. The first-order chi connectivity index (χ1) is 12.5. The van der Waals surface area contributed by atoms with Gasteiger partial charge in [0.1, 0.15) is 11.7 Å². The van der Waals surface area contributed by atoms with Crippen molar-refractivity contribution in [2.45, 2.75) is 25.5 Å². The van der Waals surface area contributed by atoms with Crippen molar-refractivity contribution in [1.29, 1.82) is 0 Å². The number of fused-ring (bicyclic) bond motifs is 3. The highest BCUT2D eigenvalue weighted by Crippen LogP contribution is 2.47. The van der Waals surface area contributed by atoms with Crippen LogP contribution in [0.4, 0.5) is 5.69 Å². The molecule has 26 heavy (non-hydrogen) atoms. The minimum absolute atomic E-state index is 0.294. The van der Waals surface area contributed by atoms with E-state index in [1.165, 1.54) is 7.11 Å². The van der Waals surface area contributed by atoms with Gasteiger partial charge in [-0.2, -0.15) is 0 Å². The van der Waals surface area contributed by atoms with Crippen LogP contribution in [0, 0.1) is 12.8 Å². The minimum atomic E-state index is -0.910. The molecule has 1 fully saturated rings. The first-order valence-electron chi connectivity index (χ1n) is 8.43. The second-order valence-electron chi connectivity index (χ2n) is 6.65. The van der Waals surface area contributed by atoms with Gasteiger partial charge in [0.25, 0.3) is 0 Å². The first-order valence-corrected chi connectivity index (χ1v) is 8.81. The molecule has 2 heterocycles. The molecule has 0 N–H and O–H groups in total. The van der Waals surface area contributed by atoms with Crippen LogP contribution in [0.1, 0.15) is 23.5 Å². The van der Waals surface area contributed by atoms with Gasteiger partial charge in [0.15, 0.2) is 6.23 Å². The van der Waals surface area contributed by atoms with Crippen molar-refractivity contribution in [3.63, 3.8) is 0 Å². The number of halogens is 1. The largest absolute Gasteiger partial charge is 0.468 e. The van der Waals surface area contributed by atoms with Crippen LogP contribution in [0.25, 0.3) is 0 Å². The molecule has 5 nitrogen and oxygen atoms in total. The van der Waals surface area contributed by atoms with Gasteiger partial charge in [0.05, 0.1) is 12.8 Å². The second-order valence-corrected chi connectivity index (χ2v) is 7.08. The lowest BCUT2D eigenvalue weighted by molar-refractivity contribution is -0.152. The summed E-state index contributed by atoms with van der Waals surface area (Å²) in [7, 11) is 1.30. The number of amides is 1. The van der Waals surface area contributed by atoms with Gasteiger partial charge in [-0.1, -0.05) is 29.8 Å². The molecule has 1 saturated heterocycles. The zero-order chi connectivity index (χ0) is 18.4. The normalized spacial score (nSPS) is 23.9. The van der Waals surface area contributed by atoms with Gasteiger partial charge in [0.2, 0.25) is 5.91 Å². The van der Waals surface area contributed by atoms with Crippen molar-refractivity contribution in [3.05, 3.63) is 58.6 Å². The molecule has 0 bridgehead atoms. The van der Waals surface area contributed by atoms with E-state index in [4.69, 9.17) is 21.1 Å². The average molecular weight is 372 g/mol. The molecule has 4 rings (SSSR count). The molecule has 0 spiro atoms. The number of ether oxygens (including phenoxy) is 2. The molecule has 2 aromatic carbocycles. The third-order valence-corrected chi connectivity index (χ3v) is 5.29. The van der Waals surface area contributed by atoms with Gasteiger partial charge in [-0.15, -0.1) is 0 Å². The first kappa shape index (κ1) is 16.9. The van der Waals surface area contributed by atoms with E-state index in [1.807, 2.05) is 37.3 Å². The fourth-order valence-corrected chi connectivity index (χ4v) is 3.92. The van der Waals surface area contributed by atoms with E-state index in [0.29, 0.717) is 22.9 Å². The van der Waals surface area contributed by atoms with Crippen LogP contribution in [-0.2, 0) is 14.3 Å². The van der Waals surface area contributed by atoms with E-state index in [2.05, 4.69) is 0 Å². The summed E-state index contributed by atoms with van der Waals surface area (Å²) in [6.45, 7) is 1.95. The van der Waals surface area contributed by atoms with Gasteiger partial charge < -0.3 is 9.47 Å². The Morgan fingerprint density at radius 3 is 2.65 bits per heavy atom. The molecule has 0 unspecified atom stereocenters. The number of benzene rings is 2. The van der Waals surface area contributed by atoms with Crippen LogP contribution >= 0.6 is 11.6 Å². The Balaban J connectivity index is 1.76. The number of carbonyl (C=O) groups excluding carboxylic acids is 2. The number of nitrogens with zero attached hydrogens (tertiary/aromatic N) is 1. The van der Waals surface area contributed by atoms with Crippen molar-refractivity contribution in [3.8, 4) is 5.75 Å². The summed E-state index contributed by atoms with van der Waals surface area (Å²) in [5, 5.41) is 0.604. The van der Waals surface area contributed by atoms with E-state index in [-0.39, 0.29) is 11.8 Å². The van der Waals surface area contributed by atoms with Gasteiger partial charge in [-0.25, -0.2) is 0 Å². The number of carbonyl (C=O) groups is 2. The van der Waals surface area contributed by atoms with Crippen molar-refractivity contribution in [2.24, 2.45) is 5.92 Å². The van der Waals surface area contributed by atoms with Crippen LogP contribution in [0.2, 0.25) is 5.02 Å². The van der Waals surface area contributed by atoms with Crippen molar-refractivity contribution in [2.75, 3.05) is 12.0 Å². The highest BCUT2D eigenvalue weighted by Gasteiger charge is 2.51. The Hall–Kier alpha value is -2.53. The molecule has 134 valence electrons. The average Bonchev–Trinajstić information content (AvgIpc) is 2.99. The molecule has 0 aromatic heterocycles. The molecule has 0 radical (unpaired) electrons. The molecule has 1 amide bonds. The maximum Gasteiger partial charge on any atom is 0.318 e. The topological polar surface area (TPSA) is 55.8 Å². The van der Waals surface area contributed by atoms with Gasteiger partial charge in [0, 0.05) is 17.4 Å². The van der Waals surface area contributed by atoms with Crippen LogP contribution in [0.3, 0.4) is 0 Å². The van der Waals surface area contributed by atoms with Gasteiger partial charge in [-0.3, -0.25) is 14.5 Å². The summed E-state index contributed by atoms with van der Waals surface area (Å²) in [5.74, 6) is -1.41. The lowest BCUT2D eigenvalue weighted by atomic mass is 9.79. The molecule has 3 atom stereocenters. The van der Waals surface area contributed by atoms with Gasteiger partial charge >= 0.3 is 5.97 Å². The fourth-order valence-electron chi connectivity index (χ4n) is 3.79. The maximum atomic E-state index is 13.3. The third kappa shape index (κ3) is 2.63. The van der Waals surface area contributed by atoms with Crippen LogP contribution in [-0.4, -0.2) is 25.2 Å². The Bertz CT molecular complexity index is 880. The molecule has 0 aliphatic carbocycles. The Labute approximate surface area is 156 Å². The number of anilines is 1. The number of hydrogen-bond acceptors (Lipinski definition) is 4. The Morgan fingerprint density at radius 2 is 1.96 bits per heavy atom. The summed E-state index contributed by atoms with van der Waals surface area (Å²) >= 11 is 5.98. The smallest absolute Gasteiger partial charge is 0.318 e. The van der Waals surface area contributed by atoms with Crippen molar-refractivity contribution in [1.82, 2.24) is 0 Å². The summed E-state index contributed by atoms with van der Waals surface area (Å²) in [6, 6.07) is 12.9. The molecule has 2 aliphatic rings. The minimum Gasteiger partial charge on any atom is -0.468 e. The highest BCUT2D eigenvalue weighted by atomic mass is 35.5. The number of hydrogen-bond donors (Lipinski definition) is 0. The fraction of sp³-hybridized carbons (Fsp3) is 0.300. The predicted octanol–water partition coefficient (Wildman–Crippen LogP) is 3.68. The van der Waals surface area contributed by atoms with E-state index in [1.54, 1.807) is 17.0 Å². The summed E-state index contributed by atoms with van der Waals surface area (Å²) in [5.41, 5.74) is 2.60. The van der Waals surface area contributed by atoms with E-state index < -0.39 is 18.1 Å². The Morgan fingerprint density at radius 1 is 1.23 bits per heavy atom. The van der Waals surface area contributed by atoms with Crippen LogP contribution in [0.5, 0.6) is 5.75 Å². The van der Waals surface area contributed by atoms with Crippen LogP contribution in [0.15, 0.2) is 42.5 Å². The van der Waals surface area contributed by atoms with E-state index >= 15 is 0 Å². The lowest BCUT2D eigenvalue weighted by Crippen LogP contribution is -2.53. The van der Waals surface area contributed by atoms with Crippen molar-refractivity contribution >= 4 is 29.2 Å². The molecule has 6 heteroatoms. The Kier molecular flexibility index (Phi) is 4.11. The zero-order valence-electron chi connectivity index (χ0n) is 14.4. The summed E-state index contributed by atoms with van der Waals surface area (Å²) in [4.78, 5) is 27.3. The summed E-state index contributed by atoms with van der Waals surface area (Å²) < 4.78 is 10.9.